The fraction of sp³-hybridized carbons (Fsp3) is 0.750. The van der Waals surface area contributed by atoms with Crippen LogP contribution in [0.15, 0.2) is 0 Å². The fourth-order valence-electron chi connectivity index (χ4n) is 1.24. The number of hydrogen-bond donors (Lipinski definition) is 1. The molecule has 0 aliphatic carbocycles. The number of aromatic amines is 1. The minimum Gasteiger partial charge on any atom is -0.303 e. The fourth-order valence-corrected chi connectivity index (χ4v) is 1.99. The molecule has 0 unspecified atom stereocenters. The van der Waals surface area contributed by atoms with E-state index in [-0.39, 0.29) is 0 Å². The van der Waals surface area contributed by atoms with Crippen LogP contribution in [0.1, 0.15) is 26.6 Å². The lowest BCUT2D eigenvalue weighted by Gasteiger charge is -2.21. The van der Waals surface area contributed by atoms with E-state index in [1.807, 2.05) is 6.92 Å². The molecule has 0 amide bonds. The SMILES string of the molecule is CCn1c(C(C)(C)S(C)(=O)=O)n[nH]c1=S. The monoisotopic (exact) mass is 249 g/mol. The van der Waals surface area contributed by atoms with E-state index < -0.39 is 14.6 Å². The summed E-state index contributed by atoms with van der Waals surface area (Å²) in [5.74, 6) is 0.456. The first kappa shape index (κ1) is 12.4. The van der Waals surface area contributed by atoms with Gasteiger partial charge in [0.25, 0.3) is 0 Å². The van der Waals surface area contributed by atoms with Crippen molar-refractivity contribution in [2.75, 3.05) is 6.26 Å². The van der Waals surface area contributed by atoms with Crippen LogP contribution < -0.4 is 0 Å². The minimum absolute atomic E-state index is 0.448. The van der Waals surface area contributed by atoms with E-state index in [9.17, 15) is 8.42 Å². The van der Waals surface area contributed by atoms with Crippen molar-refractivity contribution in [3.05, 3.63) is 10.6 Å². The average Bonchev–Trinajstić information content (AvgIpc) is 2.44. The van der Waals surface area contributed by atoms with Crippen LogP contribution in [0.2, 0.25) is 0 Å². The van der Waals surface area contributed by atoms with E-state index in [4.69, 9.17) is 12.2 Å². The highest BCUT2D eigenvalue weighted by Crippen LogP contribution is 2.27. The minimum atomic E-state index is -3.22. The van der Waals surface area contributed by atoms with Gasteiger partial charge in [0.1, 0.15) is 4.75 Å². The van der Waals surface area contributed by atoms with Gasteiger partial charge in [-0.1, -0.05) is 0 Å². The Morgan fingerprint density at radius 1 is 1.53 bits per heavy atom. The Hall–Kier alpha value is -0.690. The molecule has 0 aliphatic heterocycles. The highest BCUT2D eigenvalue weighted by molar-refractivity contribution is 7.91. The molecule has 0 radical (unpaired) electrons. The van der Waals surface area contributed by atoms with Crippen LogP contribution >= 0.6 is 12.2 Å². The Balaban J connectivity index is 3.47. The molecule has 0 aromatic carbocycles. The summed E-state index contributed by atoms with van der Waals surface area (Å²) in [6.07, 6.45) is 1.20. The molecule has 0 atom stereocenters. The second-order valence-corrected chi connectivity index (χ2v) is 6.83. The summed E-state index contributed by atoms with van der Waals surface area (Å²) >= 11 is 5.01. The summed E-state index contributed by atoms with van der Waals surface area (Å²) in [5.41, 5.74) is 0. The first-order valence-electron chi connectivity index (χ1n) is 4.57. The first-order valence-corrected chi connectivity index (χ1v) is 6.87. The molecule has 1 N–H and O–H groups in total. The normalized spacial score (nSPS) is 13.1. The highest BCUT2D eigenvalue weighted by Gasteiger charge is 2.37. The topological polar surface area (TPSA) is 67.8 Å². The number of hydrogen-bond acceptors (Lipinski definition) is 4. The van der Waals surface area contributed by atoms with Crippen LogP contribution in [-0.4, -0.2) is 29.4 Å². The predicted octanol–water partition coefficient (Wildman–Crippen LogP) is 1.24. The Kier molecular flexibility index (Phi) is 3.06. The van der Waals surface area contributed by atoms with Crippen molar-refractivity contribution >= 4 is 22.1 Å². The number of sulfone groups is 1. The van der Waals surface area contributed by atoms with Gasteiger partial charge in [0.2, 0.25) is 0 Å². The maximum Gasteiger partial charge on any atom is 0.195 e. The molecule has 0 saturated carbocycles. The molecule has 0 bridgehead atoms. The van der Waals surface area contributed by atoms with Gasteiger partial charge in [-0.3, -0.25) is 5.10 Å². The summed E-state index contributed by atoms with van der Waals surface area (Å²) in [6.45, 7) is 5.75. The Morgan fingerprint density at radius 3 is 2.47 bits per heavy atom. The van der Waals surface area contributed by atoms with E-state index in [1.54, 1.807) is 18.4 Å². The van der Waals surface area contributed by atoms with Crippen molar-refractivity contribution in [1.29, 1.82) is 0 Å². The van der Waals surface area contributed by atoms with Gasteiger partial charge >= 0.3 is 0 Å². The van der Waals surface area contributed by atoms with Gasteiger partial charge in [0.15, 0.2) is 20.4 Å². The third-order valence-electron chi connectivity index (χ3n) is 2.54. The van der Waals surface area contributed by atoms with Crippen molar-refractivity contribution in [2.24, 2.45) is 0 Å². The lowest BCUT2D eigenvalue weighted by atomic mass is 10.2. The standard InChI is InChI=1S/C8H15N3O2S2/c1-5-11-6(9-10-7(11)14)8(2,3)15(4,12)13/h5H2,1-4H3,(H,10,14). The molecule has 0 aliphatic rings. The van der Waals surface area contributed by atoms with Crippen LogP contribution in [0.4, 0.5) is 0 Å². The summed E-state index contributed by atoms with van der Waals surface area (Å²) in [5, 5.41) is 6.61. The number of aromatic nitrogens is 3. The van der Waals surface area contributed by atoms with Gasteiger partial charge in [-0.25, -0.2) is 8.42 Å². The van der Waals surface area contributed by atoms with Gasteiger partial charge in [-0.05, 0) is 33.0 Å². The maximum atomic E-state index is 11.6. The van der Waals surface area contributed by atoms with Crippen LogP contribution in [0.25, 0.3) is 0 Å². The molecule has 0 spiro atoms. The van der Waals surface area contributed by atoms with Crippen LogP contribution in [-0.2, 0) is 21.1 Å². The van der Waals surface area contributed by atoms with Gasteiger partial charge in [0.05, 0.1) is 0 Å². The summed E-state index contributed by atoms with van der Waals surface area (Å²) in [4.78, 5) is 0. The Morgan fingerprint density at radius 2 is 2.07 bits per heavy atom. The zero-order valence-electron chi connectivity index (χ0n) is 9.23. The molecule has 7 heteroatoms. The van der Waals surface area contributed by atoms with E-state index in [1.165, 1.54) is 6.26 Å². The number of rotatable bonds is 3. The number of H-pyrrole nitrogens is 1. The molecule has 1 aromatic rings. The molecule has 1 aromatic heterocycles. The number of nitrogens with one attached hydrogen (secondary N) is 1. The maximum absolute atomic E-state index is 11.6. The van der Waals surface area contributed by atoms with Crippen LogP contribution in [0.5, 0.6) is 0 Å². The summed E-state index contributed by atoms with van der Waals surface area (Å²) in [6, 6.07) is 0. The number of nitrogens with zero attached hydrogens (tertiary/aromatic N) is 2. The molecular weight excluding hydrogens is 234 g/mol. The zero-order chi connectivity index (χ0) is 11.9. The molecule has 1 rings (SSSR count). The molecule has 5 nitrogen and oxygen atoms in total. The second kappa shape index (κ2) is 3.71. The van der Waals surface area contributed by atoms with E-state index in [0.29, 0.717) is 17.1 Å². The molecule has 86 valence electrons. The van der Waals surface area contributed by atoms with Gasteiger partial charge < -0.3 is 4.57 Å². The summed E-state index contributed by atoms with van der Waals surface area (Å²) in [7, 11) is -3.22. The van der Waals surface area contributed by atoms with Crippen molar-refractivity contribution < 1.29 is 8.42 Å². The van der Waals surface area contributed by atoms with Crippen molar-refractivity contribution in [3.63, 3.8) is 0 Å². The molecule has 1 heterocycles. The van der Waals surface area contributed by atoms with E-state index in [0.717, 1.165) is 0 Å². The first-order chi connectivity index (χ1) is 6.71. The van der Waals surface area contributed by atoms with Crippen molar-refractivity contribution in [1.82, 2.24) is 14.8 Å². The largest absolute Gasteiger partial charge is 0.303 e. The highest BCUT2D eigenvalue weighted by atomic mass is 32.2. The molecular formula is C8H15N3O2S2. The van der Waals surface area contributed by atoms with Crippen molar-refractivity contribution in [2.45, 2.75) is 32.1 Å². The molecule has 0 fully saturated rings. The van der Waals surface area contributed by atoms with Crippen molar-refractivity contribution in [3.8, 4) is 0 Å². The second-order valence-electron chi connectivity index (χ2n) is 3.88. The van der Waals surface area contributed by atoms with Gasteiger partial charge in [-0.2, -0.15) is 5.10 Å². The predicted molar refractivity (Wildman–Crippen MR) is 61.0 cm³/mol. The zero-order valence-corrected chi connectivity index (χ0v) is 10.9. The Labute approximate surface area is 94.4 Å². The molecule has 0 saturated heterocycles. The van der Waals surface area contributed by atoms with E-state index in [2.05, 4.69) is 10.2 Å². The van der Waals surface area contributed by atoms with E-state index >= 15 is 0 Å². The third kappa shape index (κ3) is 1.98. The lowest BCUT2D eigenvalue weighted by Crippen LogP contribution is -2.31. The lowest BCUT2D eigenvalue weighted by molar-refractivity contribution is 0.531. The van der Waals surface area contributed by atoms with Gasteiger partial charge in [0, 0.05) is 12.8 Å². The molecule has 15 heavy (non-hydrogen) atoms. The Bertz CT molecular complexity index is 510. The third-order valence-corrected chi connectivity index (χ3v) is 4.89. The smallest absolute Gasteiger partial charge is 0.195 e. The summed E-state index contributed by atoms with van der Waals surface area (Å²) < 4.78 is 24.4. The van der Waals surface area contributed by atoms with Crippen LogP contribution in [0.3, 0.4) is 0 Å². The average molecular weight is 249 g/mol. The quantitative estimate of drug-likeness (QED) is 0.818. The van der Waals surface area contributed by atoms with Crippen LogP contribution in [0, 0.1) is 4.77 Å². The van der Waals surface area contributed by atoms with Gasteiger partial charge in [-0.15, -0.1) is 0 Å².